The standard InChI is InChI=1S/C39H25N3O2/c1-3-9-27(10-4-1)37-40-38(28-11-5-2-6-12-28)42-39(41-37)29-17-22-32(23-18-29)43-31-20-15-26(16-21-31)30-19-24-36-34(25-30)33-13-7-8-14-35(33)44-36/h1-25H. The Hall–Kier alpha value is -6.07. The summed E-state index contributed by atoms with van der Waals surface area (Å²) >= 11 is 0. The van der Waals surface area contributed by atoms with Gasteiger partial charge < -0.3 is 9.15 Å². The molecule has 0 unspecified atom stereocenters. The predicted octanol–water partition coefficient (Wildman–Crippen LogP) is 10.2. The van der Waals surface area contributed by atoms with Gasteiger partial charge in [-0.3, -0.25) is 0 Å². The van der Waals surface area contributed by atoms with Gasteiger partial charge in [-0.25, -0.2) is 15.0 Å². The molecule has 0 fully saturated rings. The Bertz CT molecular complexity index is 2170. The molecule has 0 bridgehead atoms. The van der Waals surface area contributed by atoms with E-state index in [2.05, 4.69) is 30.3 Å². The summed E-state index contributed by atoms with van der Waals surface area (Å²) in [6, 6.07) is 50.4. The summed E-state index contributed by atoms with van der Waals surface area (Å²) in [5.74, 6) is 3.36. The zero-order valence-electron chi connectivity index (χ0n) is 23.6. The van der Waals surface area contributed by atoms with Gasteiger partial charge in [-0.05, 0) is 65.7 Å². The van der Waals surface area contributed by atoms with Crippen molar-refractivity contribution in [1.82, 2.24) is 15.0 Å². The van der Waals surface area contributed by atoms with Crippen molar-refractivity contribution in [2.75, 3.05) is 0 Å². The molecule has 6 aromatic carbocycles. The summed E-state index contributed by atoms with van der Waals surface area (Å²) in [4.78, 5) is 14.4. The fourth-order valence-corrected chi connectivity index (χ4v) is 5.37. The van der Waals surface area contributed by atoms with Crippen LogP contribution in [0.2, 0.25) is 0 Å². The van der Waals surface area contributed by atoms with E-state index in [1.54, 1.807) is 0 Å². The number of benzene rings is 6. The molecule has 0 spiro atoms. The van der Waals surface area contributed by atoms with Crippen LogP contribution in [0, 0.1) is 0 Å². The molecule has 0 aliphatic carbocycles. The lowest BCUT2D eigenvalue weighted by atomic mass is 10.0. The van der Waals surface area contributed by atoms with Gasteiger partial charge in [-0.15, -0.1) is 0 Å². The molecule has 5 heteroatoms. The first kappa shape index (κ1) is 25.6. The third-order valence-corrected chi connectivity index (χ3v) is 7.61. The Kier molecular flexibility index (Phi) is 6.39. The topological polar surface area (TPSA) is 61.0 Å². The number of para-hydroxylation sites is 1. The molecule has 44 heavy (non-hydrogen) atoms. The molecule has 0 atom stereocenters. The van der Waals surface area contributed by atoms with E-state index in [4.69, 9.17) is 24.1 Å². The quantitative estimate of drug-likeness (QED) is 0.200. The first-order chi connectivity index (χ1) is 21.8. The van der Waals surface area contributed by atoms with E-state index in [1.165, 1.54) is 0 Å². The Morgan fingerprint density at radius 3 is 1.41 bits per heavy atom. The van der Waals surface area contributed by atoms with E-state index in [1.807, 2.05) is 121 Å². The van der Waals surface area contributed by atoms with Crippen LogP contribution in [0.15, 0.2) is 156 Å². The van der Waals surface area contributed by atoms with E-state index in [0.29, 0.717) is 17.5 Å². The van der Waals surface area contributed by atoms with Crippen molar-refractivity contribution in [1.29, 1.82) is 0 Å². The first-order valence-electron chi connectivity index (χ1n) is 14.4. The summed E-state index contributed by atoms with van der Waals surface area (Å²) in [5, 5.41) is 2.24. The second kappa shape index (κ2) is 11.0. The highest BCUT2D eigenvalue weighted by Gasteiger charge is 2.13. The van der Waals surface area contributed by atoms with Gasteiger partial charge in [-0.2, -0.15) is 0 Å². The van der Waals surface area contributed by atoms with Crippen LogP contribution in [0.25, 0.3) is 67.2 Å². The minimum atomic E-state index is 0.607. The number of rotatable bonds is 6. The lowest BCUT2D eigenvalue weighted by Gasteiger charge is -2.10. The maximum absolute atomic E-state index is 6.19. The molecule has 208 valence electrons. The molecule has 0 radical (unpaired) electrons. The number of hydrogen-bond acceptors (Lipinski definition) is 5. The summed E-state index contributed by atoms with van der Waals surface area (Å²) in [6.07, 6.45) is 0. The fraction of sp³-hybridized carbons (Fsp3) is 0. The Morgan fingerprint density at radius 1 is 0.364 bits per heavy atom. The Balaban J connectivity index is 1.05. The molecule has 8 rings (SSSR count). The second-order valence-corrected chi connectivity index (χ2v) is 10.5. The Labute approximate surface area is 254 Å². The van der Waals surface area contributed by atoms with Crippen LogP contribution in [0.5, 0.6) is 11.5 Å². The molecule has 2 aromatic heterocycles. The molecule has 2 heterocycles. The van der Waals surface area contributed by atoms with Gasteiger partial charge in [0.15, 0.2) is 17.5 Å². The van der Waals surface area contributed by atoms with Crippen LogP contribution in [0.3, 0.4) is 0 Å². The summed E-state index contributed by atoms with van der Waals surface area (Å²) in [7, 11) is 0. The third kappa shape index (κ3) is 4.97. The number of fused-ring (bicyclic) bond motifs is 3. The van der Waals surface area contributed by atoms with Crippen molar-refractivity contribution >= 4 is 21.9 Å². The molecule has 0 aliphatic rings. The van der Waals surface area contributed by atoms with Crippen molar-refractivity contribution in [2.24, 2.45) is 0 Å². The highest BCUT2D eigenvalue weighted by molar-refractivity contribution is 6.06. The number of ether oxygens (including phenoxy) is 1. The smallest absolute Gasteiger partial charge is 0.164 e. The van der Waals surface area contributed by atoms with Crippen molar-refractivity contribution in [3.05, 3.63) is 152 Å². The highest BCUT2D eigenvalue weighted by Crippen LogP contribution is 2.34. The lowest BCUT2D eigenvalue weighted by Crippen LogP contribution is -2.00. The zero-order chi connectivity index (χ0) is 29.3. The third-order valence-electron chi connectivity index (χ3n) is 7.61. The van der Waals surface area contributed by atoms with Crippen LogP contribution < -0.4 is 4.74 Å². The van der Waals surface area contributed by atoms with Crippen LogP contribution in [-0.4, -0.2) is 15.0 Å². The number of nitrogens with zero attached hydrogens (tertiary/aromatic N) is 3. The van der Waals surface area contributed by atoms with Gasteiger partial charge in [0, 0.05) is 27.5 Å². The van der Waals surface area contributed by atoms with E-state index in [-0.39, 0.29) is 0 Å². The van der Waals surface area contributed by atoms with Gasteiger partial charge in [0.2, 0.25) is 0 Å². The highest BCUT2D eigenvalue weighted by atomic mass is 16.5. The molecule has 8 aromatic rings. The Morgan fingerprint density at radius 2 is 0.818 bits per heavy atom. The minimum Gasteiger partial charge on any atom is -0.457 e. The van der Waals surface area contributed by atoms with Crippen molar-refractivity contribution < 1.29 is 9.15 Å². The van der Waals surface area contributed by atoms with Gasteiger partial charge in [-0.1, -0.05) is 97.1 Å². The van der Waals surface area contributed by atoms with E-state index < -0.39 is 0 Å². The normalized spacial score (nSPS) is 11.2. The van der Waals surface area contributed by atoms with Gasteiger partial charge in [0.25, 0.3) is 0 Å². The lowest BCUT2D eigenvalue weighted by molar-refractivity contribution is 0.483. The minimum absolute atomic E-state index is 0.607. The van der Waals surface area contributed by atoms with Crippen molar-refractivity contribution in [3.8, 4) is 56.8 Å². The van der Waals surface area contributed by atoms with Crippen LogP contribution >= 0.6 is 0 Å². The van der Waals surface area contributed by atoms with Crippen molar-refractivity contribution in [2.45, 2.75) is 0 Å². The van der Waals surface area contributed by atoms with Crippen LogP contribution in [0.1, 0.15) is 0 Å². The van der Waals surface area contributed by atoms with E-state index in [9.17, 15) is 0 Å². The predicted molar refractivity (Wildman–Crippen MR) is 175 cm³/mol. The maximum Gasteiger partial charge on any atom is 0.164 e. The average molecular weight is 568 g/mol. The average Bonchev–Trinajstić information content (AvgIpc) is 3.48. The number of furan rings is 1. The summed E-state index contributed by atoms with van der Waals surface area (Å²) < 4.78 is 12.2. The fourth-order valence-electron chi connectivity index (χ4n) is 5.37. The largest absolute Gasteiger partial charge is 0.457 e. The summed E-state index contributed by atoms with van der Waals surface area (Å²) in [5.41, 5.74) is 6.79. The molecule has 0 aliphatic heterocycles. The number of aromatic nitrogens is 3. The molecule has 5 nitrogen and oxygen atoms in total. The van der Waals surface area contributed by atoms with Gasteiger partial charge in [0.05, 0.1) is 0 Å². The second-order valence-electron chi connectivity index (χ2n) is 10.5. The zero-order valence-corrected chi connectivity index (χ0v) is 23.6. The monoisotopic (exact) mass is 567 g/mol. The molecular formula is C39H25N3O2. The molecular weight excluding hydrogens is 542 g/mol. The van der Waals surface area contributed by atoms with Crippen LogP contribution in [-0.2, 0) is 0 Å². The van der Waals surface area contributed by atoms with Crippen molar-refractivity contribution in [3.63, 3.8) is 0 Å². The molecule has 0 saturated heterocycles. The molecule has 0 amide bonds. The SMILES string of the molecule is c1ccc(-c2nc(-c3ccccc3)nc(-c3ccc(Oc4ccc(-c5ccc6oc7ccccc7c6c5)cc4)cc3)n2)cc1. The first-order valence-corrected chi connectivity index (χ1v) is 14.4. The van der Waals surface area contributed by atoms with E-state index in [0.717, 1.165) is 61.3 Å². The molecule has 0 saturated carbocycles. The molecule has 0 N–H and O–H groups in total. The number of hydrogen-bond donors (Lipinski definition) is 0. The van der Waals surface area contributed by atoms with Gasteiger partial charge in [0.1, 0.15) is 22.7 Å². The summed E-state index contributed by atoms with van der Waals surface area (Å²) in [6.45, 7) is 0. The maximum atomic E-state index is 6.19. The van der Waals surface area contributed by atoms with E-state index >= 15 is 0 Å². The van der Waals surface area contributed by atoms with Gasteiger partial charge >= 0.3 is 0 Å². The van der Waals surface area contributed by atoms with Crippen LogP contribution in [0.4, 0.5) is 0 Å².